The Kier molecular flexibility index (Phi) is 5.43. The first kappa shape index (κ1) is 19.3. The van der Waals surface area contributed by atoms with Gasteiger partial charge in [-0.2, -0.15) is 13.2 Å². The van der Waals surface area contributed by atoms with E-state index in [1.807, 2.05) is 0 Å². The van der Waals surface area contributed by atoms with Gasteiger partial charge in [0.05, 0.1) is 26.8 Å². The van der Waals surface area contributed by atoms with Crippen LogP contribution in [0.2, 0.25) is 5.02 Å². The molecule has 2 rings (SSSR count). The van der Waals surface area contributed by atoms with Gasteiger partial charge in [0.25, 0.3) is 5.91 Å². The number of anilines is 1. The van der Waals surface area contributed by atoms with Gasteiger partial charge in [-0.15, -0.1) is 0 Å². The van der Waals surface area contributed by atoms with Crippen LogP contribution < -0.4 is 5.32 Å². The number of alkyl halides is 3. The maximum Gasteiger partial charge on any atom is 0.417 e. The van der Waals surface area contributed by atoms with Crippen molar-refractivity contribution in [3.63, 3.8) is 0 Å². The van der Waals surface area contributed by atoms with Gasteiger partial charge in [-0.1, -0.05) is 30.7 Å². The number of benzene rings is 2. The quantitative estimate of drug-likeness (QED) is 0.840. The molecule has 2 aromatic carbocycles. The fraction of sp³-hybridized carbons (Fsp3) is 0.188. The predicted molar refractivity (Wildman–Crippen MR) is 88.6 cm³/mol. The van der Waals surface area contributed by atoms with Gasteiger partial charge in [0.1, 0.15) is 0 Å². The molecule has 0 aliphatic carbocycles. The zero-order chi connectivity index (χ0) is 18.8. The fourth-order valence-electron chi connectivity index (χ4n) is 2.10. The number of halogens is 4. The van der Waals surface area contributed by atoms with Crippen LogP contribution in [0.1, 0.15) is 22.8 Å². The largest absolute Gasteiger partial charge is 0.417 e. The van der Waals surface area contributed by atoms with Crippen LogP contribution in [-0.2, 0) is 16.0 Å². The van der Waals surface area contributed by atoms with E-state index in [1.165, 1.54) is 37.3 Å². The van der Waals surface area contributed by atoms with Crippen LogP contribution in [0, 0.1) is 0 Å². The highest BCUT2D eigenvalue weighted by Gasteiger charge is 2.33. The first-order valence-electron chi connectivity index (χ1n) is 7.06. The zero-order valence-electron chi connectivity index (χ0n) is 12.9. The van der Waals surface area contributed by atoms with Gasteiger partial charge in [-0.25, -0.2) is 8.42 Å². The summed E-state index contributed by atoms with van der Waals surface area (Å²) in [6, 6.07) is 8.39. The number of sulfone groups is 1. The molecular formula is C16H13ClF3NO3S. The van der Waals surface area contributed by atoms with Gasteiger partial charge in [0.15, 0.2) is 9.84 Å². The third kappa shape index (κ3) is 4.32. The normalized spacial score (nSPS) is 12.0. The van der Waals surface area contributed by atoms with Crippen molar-refractivity contribution < 1.29 is 26.4 Å². The number of carbonyl (C=O) groups is 1. The zero-order valence-corrected chi connectivity index (χ0v) is 14.5. The molecule has 1 amide bonds. The first-order valence-corrected chi connectivity index (χ1v) is 9.09. The Morgan fingerprint density at radius 2 is 1.80 bits per heavy atom. The SMILES string of the molecule is CCS(=O)(=O)c1ccccc1C(=O)Nc1ccc(Cl)c(C(F)(F)F)c1. The summed E-state index contributed by atoms with van der Waals surface area (Å²) in [5, 5.41) is 1.77. The van der Waals surface area contributed by atoms with Crippen molar-refractivity contribution in [1.82, 2.24) is 0 Å². The molecule has 0 radical (unpaired) electrons. The minimum atomic E-state index is -4.68. The Morgan fingerprint density at radius 1 is 1.16 bits per heavy atom. The molecule has 2 aromatic rings. The monoisotopic (exact) mass is 391 g/mol. The van der Waals surface area contributed by atoms with Crippen molar-refractivity contribution >= 4 is 33.0 Å². The van der Waals surface area contributed by atoms with Crippen LogP contribution in [-0.4, -0.2) is 20.1 Å². The molecule has 0 aromatic heterocycles. The Morgan fingerprint density at radius 3 is 2.40 bits per heavy atom. The van der Waals surface area contributed by atoms with Gasteiger partial charge in [-0.3, -0.25) is 4.79 Å². The lowest BCUT2D eigenvalue weighted by Gasteiger charge is -2.13. The average Bonchev–Trinajstić information content (AvgIpc) is 2.55. The highest BCUT2D eigenvalue weighted by molar-refractivity contribution is 7.91. The van der Waals surface area contributed by atoms with Crippen molar-refractivity contribution in [3.8, 4) is 0 Å². The van der Waals surface area contributed by atoms with Crippen molar-refractivity contribution in [2.75, 3.05) is 11.1 Å². The molecule has 0 atom stereocenters. The van der Waals surface area contributed by atoms with Crippen molar-refractivity contribution in [3.05, 3.63) is 58.6 Å². The number of amides is 1. The maximum absolute atomic E-state index is 12.9. The highest BCUT2D eigenvalue weighted by Crippen LogP contribution is 2.36. The van der Waals surface area contributed by atoms with Crippen LogP contribution >= 0.6 is 11.6 Å². The molecule has 4 nitrogen and oxygen atoms in total. The van der Waals surface area contributed by atoms with E-state index in [2.05, 4.69) is 5.32 Å². The second-order valence-corrected chi connectivity index (χ2v) is 7.70. The summed E-state index contributed by atoms with van der Waals surface area (Å²) < 4.78 is 62.8. The van der Waals surface area contributed by atoms with Gasteiger partial charge >= 0.3 is 6.18 Å². The maximum atomic E-state index is 12.9. The topological polar surface area (TPSA) is 63.2 Å². The summed E-state index contributed by atoms with van der Waals surface area (Å²) in [6.45, 7) is 1.43. The number of hydrogen-bond acceptors (Lipinski definition) is 3. The van der Waals surface area contributed by atoms with Crippen LogP contribution in [0.15, 0.2) is 47.4 Å². The fourth-order valence-corrected chi connectivity index (χ4v) is 3.42. The summed E-state index contributed by atoms with van der Waals surface area (Å²) in [5.41, 5.74) is -1.39. The molecule has 0 heterocycles. The van der Waals surface area contributed by atoms with E-state index >= 15 is 0 Å². The van der Waals surface area contributed by atoms with E-state index in [1.54, 1.807) is 0 Å². The predicted octanol–water partition coefficient (Wildman–Crippen LogP) is 4.40. The van der Waals surface area contributed by atoms with E-state index < -0.39 is 32.5 Å². The molecule has 0 spiro atoms. The van der Waals surface area contributed by atoms with Crippen LogP contribution in [0.5, 0.6) is 0 Å². The Labute approximate surface area is 147 Å². The summed E-state index contributed by atoms with van der Waals surface area (Å²) >= 11 is 5.53. The lowest BCUT2D eigenvalue weighted by molar-refractivity contribution is -0.137. The molecule has 0 fully saturated rings. The minimum Gasteiger partial charge on any atom is -0.322 e. The van der Waals surface area contributed by atoms with Gasteiger partial charge < -0.3 is 5.32 Å². The summed E-state index contributed by atoms with van der Waals surface area (Å²) in [4.78, 5) is 12.2. The third-order valence-electron chi connectivity index (χ3n) is 3.38. The molecule has 9 heteroatoms. The van der Waals surface area contributed by atoms with E-state index in [4.69, 9.17) is 11.6 Å². The molecule has 0 unspecified atom stereocenters. The molecule has 0 saturated carbocycles. The number of hydrogen-bond donors (Lipinski definition) is 1. The summed E-state index contributed by atoms with van der Waals surface area (Å²) in [7, 11) is -3.67. The van der Waals surface area contributed by atoms with E-state index in [9.17, 15) is 26.4 Å². The molecule has 0 saturated heterocycles. The molecule has 1 N–H and O–H groups in total. The molecular weight excluding hydrogens is 379 g/mol. The van der Waals surface area contributed by atoms with Crippen molar-refractivity contribution in [2.45, 2.75) is 18.0 Å². The van der Waals surface area contributed by atoms with E-state index in [-0.39, 0.29) is 21.9 Å². The third-order valence-corrected chi connectivity index (χ3v) is 5.49. The highest BCUT2D eigenvalue weighted by atomic mass is 35.5. The Hall–Kier alpha value is -2.06. The molecule has 0 aliphatic rings. The number of carbonyl (C=O) groups excluding carboxylic acids is 1. The Bertz CT molecular complexity index is 911. The van der Waals surface area contributed by atoms with Crippen LogP contribution in [0.4, 0.5) is 18.9 Å². The molecule has 134 valence electrons. The van der Waals surface area contributed by atoms with E-state index in [0.717, 1.165) is 6.07 Å². The summed E-state index contributed by atoms with van der Waals surface area (Å²) in [6.07, 6.45) is -4.68. The molecule has 25 heavy (non-hydrogen) atoms. The van der Waals surface area contributed by atoms with Crippen molar-refractivity contribution in [2.24, 2.45) is 0 Å². The number of nitrogens with one attached hydrogen (secondary N) is 1. The lowest BCUT2D eigenvalue weighted by Crippen LogP contribution is -2.17. The average molecular weight is 392 g/mol. The van der Waals surface area contributed by atoms with Crippen molar-refractivity contribution in [1.29, 1.82) is 0 Å². The minimum absolute atomic E-state index is 0.146. The number of rotatable bonds is 4. The van der Waals surface area contributed by atoms with Crippen LogP contribution in [0.3, 0.4) is 0 Å². The lowest BCUT2D eigenvalue weighted by atomic mass is 10.1. The molecule has 0 bridgehead atoms. The second-order valence-electron chi connectivity index (χ2n) is 5.05. The summed E-state index contributed by atoms with van der Waals surface area (Å²) in [5.74, 6) is -1.04. The first-order chi connectivity index (χ1) is 11.6. The van der Waals surface area contributed by atoms with Gasteiger partial charge in [0, 0.05) is 5.69 Å². The van der Waals surface area contributed by atoms with E-state index in [0.29, 0.717) is 6.07 Å². The van der Waals surface area contributed by atoms with Crippen LogP contribution in [0.25, 0.3) is 0 Å². The van der Waals surface area contributed by atoms with Gasteiger partial charge in [0.2, 0.25) is 0 Å². The second kappa shape index (κ2) is 7.05. The smallest absolute Gasteiger partial charge is 0.322 e. The Balaban J connectivity index is 2.40. The standard InChI is InChI=1S/C16H13ClF3NO3S/c1-2-25(23,24)14-6-4-3-5-11(14)15(22)21-10-7-8-13(17)12(9-10)16(18,19)20/h3-9H,2H2,1H3,(H,21,22). The molecule has 0 aliphatic heterocycles. The van der Waals surface area contributed by atoms with Gasteiger partial charge in [-0.05, 0) is 30.3 Å².